The highest BCUT2D eigenvalue weighted by atomic mass is 32.2. The summed E-state index contributed by atoms with van der Waals surface area (Å²) in [4.78, 5) is 1.93. The Hall–Kier alpha value is -7.36. The quantitative estimate of drug-likeness (QED) is 0.0229. The van der Waals surface area contributed by atoms with Crippen LogP contribution >= 0.6 is 0 Å². The molecule has 68 heavy (non-hydrogen) atoms. The van der Waals surface area contributed by atoms with E-state index < -0.39 is 78.2 Å². The molecule has 6 rings (SSSR count). The van der Waals surface area contributed by atoms with Crippen LogP contribution in [0.1, 0.15) is 41.4 Å². The molecular formula is C40H36N10O14S4. The minimum absolute atomic E-state index is 0.0247. The molecule has 0 aliphatic heterocycles. The molecule has 0 saturated carbocycles. The van der Waals surface area contributed by atoms with Crippen LogP contribution in [0.4, 0.5) is 39.8 Å². The summed E-state index contributed by atoms with van der Waals surface area (Å²) >= 11 is 0. The first kappa shape index (κ1) is 50.1. The zero-order chi connectivity index (χ0) is 50.1. The molecule has 2 aromatic heterocycles. The lowest BCUT2D eigenvalue weighted by Crippen LogP contribution is -2.08. The van der Waals surface area contributed by atoms with Crippen LogP contribution < -0.4 is 10.5 Å². The van der Waals surface area contributed by atoms with Crippen molar-refractivity contribution in [3.63, 3.8) is 0 Å². The Bertz CT molecular complexity index is 3730. The summed E-state index contributed by atoms with van der Waals surface area (Å²) in [5.74, 6) is -1.12. The van der Waals surface area contributed by atoms with Gasteiger partial charge in [0.05, 0.1) is 51.4 Å². The van der Waals surface area contributed by atoms with Crippen molar-refractivity contribution in [3.05, 3.63) is 95.3 Å². The highest BCUT2D eigenvalue weighted by Crippen LogP contribution is 2.43. The molecule has 0 atom stereocenters. The lowest BCUT2D eigenvalue weighted by molar-refractivity contribution is 0.317. The summed E-state index contributed by atoms with van der Waals surface area (Å²) in [6.45, 7) is 8.35. The molecule has 2 heterocycles. The molecule has 0 unspecified atom stereocenters. The summed E-state index contributed by atoms with van der Waals surface area (Å²) in [5, 5.41) is 46.6. The van der Waals surface area contributed by atoms with Crippen molar-refractivity contribution in [1.82, 2.24) is 9.38 Å². The van der Waals surface area contributed by atoms with Crippen LogP contribution in [0.3, 0.4) is 0 Å². The van der Waals surface area contributed by atoms with Crippen molar-refractivity contribution in [2.45, 2.75) is 41.9 Å². The normalized spacial score (nSPS) is 12.9. The molecule has 24 nitrogen and oxygen atoms in total. The number of aromatic hydroxyl groups is 1. The number of nitrogens with zero attached hydrogens (tertiary/aromatic N) is 9. The van der Waals surface area contributed by atoms with Gasteiger partial charge in [0.2, 0.25) is 5.88 Å². The number of hydrogen-bond acceptors (Lipinski definition) is 19. The van der Waals surface area contributed by atoms with Gasteiger partial charge in [-0.25, -0.2) is 4.98 Å². The predicted octanol–water partition coefficient (Wildman–Crippen LogP) is 8.58. The second kappa shape index (κ2) is 19.1. The number of aryl methyl sites for hydroxylation is 1. The van der Waals surface area contributed by atoms with E-state index in [2.05, 4.69) is 48.3 Å². The average molecular weight is 1010 g/mol. The van der Waals surface area contributed by atoms with Crippen molar-refractivity contribution < 1.29 is 61.7 Å². The molecule has 6 aromatic rings. The molecule has 0 aliphatic carbocycles. The lowest BCUT2D eigenvalue weighted by atomic mass is 10.1. The molecule has 0 bridgehead atoms. The molecule has 0 radical (unpaired) electrons. The van der Waals surface area contributed by atoms with Gasteiger partial charge < -0.3 is 15.6 Å². The molecule has 0 aliphatic rings. The van der Waals surface area contributed by atoms with E-state index in [0.717, 1.165) is 12.1 Å². The SMILES string of the molecule is C=Cc1nc2c(C#N)c(C)c(N=Nc3cc(C)c(N=Nc4ccc(N=Nc5cc(S(=O)(=O)O)c(N)cc5S(=O)(=O)O)c5ccc(S(=O)(=O)O)cc45)cc3OCCCS(=O)(=O)O)c(O)n2c1/C=C\C. The van der Waals surface area contributed by atoms with Gasteiger partial charge in [0.1, 0.15) is 38.5 Å². The Morgan fingerprint density at radius 3 is 1.99 bits per heavy atom. The van der Waals surface area contributed by atoms with Crippen molar-refractivity contribution in [3.8, 4) is 17.7 Å². The average Bonchev–Trinajstić information content (AvgIpc) is 3.61. The lowest BCUT2D eigenvalue weighted by Gasteiger charge is -2.12. The van der Waals surface area contributed by atoms with Crippen molar-refractivity contribution in [2.75, 3.05) is 18.1 Å². The van der Waals surface area contributed by atoms with Crippen molar-refractivity contribution in [1.29, 1.82) is 5.26 Å². The fraction of sp³-hybridized carbons (Fsp3) is 0.150. The first-order valence-electron chi connectivity index (χ1n) is 19.1. The Balaban J connectivity index is 1.47. The maximum Gasteiger partial charge on any atom is 0.296 e. The number of imidazole rings is 1. The van der Waals surface area contributed by atoms with Crippen LogP contribution in [-0.2, 0) is 40.5 Å². The topological polar surface area (TPSA) is 388 Å². The van der Waals surface area contributed by atoms with E-state index in [1.165, 1.54) is 47.7 Å². The third-order valence-electron chi connectivity index (χ3n) is 9.71. The van der Waals surface area contributed by atoms with Gasteiger partial charge in [-0.15, -0.1) is 25.6 Å². The third-order valence-corrected chi connectivity index (χ3v) is 13.2. The molecule has 4 aromatic carbocycles. The number of ether oxygens (including phenoxy) is 1. The fourth-order valence-electron chi connectivity index (χ4n) is 6.52. The maximum absolute atomic E-state index is 12.2. The van der Waals surface area contributed by atoms with Gasteiger partial charge in [0.25, 0.3) is 40.5 Å². The monoisotopic (exact) mass is 1010 g/mol. The van der Waals surface area contributed by atoms with Gasteiger partial charge in [-0.1, -0.05) is 18.7 Å². The smallest absolute Gasteiger partial charge is 0.296 e. The fourth-order valence-corrected chi connectivity index (χ4v) is 8.77. The minimum atomic E-state index is -5.10. The second-order valence-electron chi connectivity index (χ2n) is 14.3. The molecule has 0 saturated heterocycles. The van der Waals surface area contributed by atoms with Crippen molar-refractivity contribution in [2.24, 2.45) is 30.7 Å². The van der Waals surface area contributed by atoms with Crippen molar-refractivity contribution >= 4 is 109 Å². The molecule has 0 spiro atoms. The molecular weight excluding hydrogens is 973 g/mol. The van der Waals surface area contributed by atoms with Crippen LogP contribution in [0.15, 0.2) is 113 Å². The predicted molar refractivity (Wildman–Crippen MR) is 246 cm³/mol. The van der Waals surface area contributed by atoms with Crippen LogP contribution in [0, 0.1) is 25.2 Å². The number of anilines is 1. The highest BCUT2D eigenvalue weighted by molar-refractivity contribution is 7.86. The number of rotatable bonds is 16. The van der Waals surface area contributed by atoms with E-state index in [4.69, 9.17) is 10.5 Å². The summed E-state index contributed by atoms with van der Waals surface area (Å²) < 4.78 is 141. The molecule has 7 N–H and O–H groups in total. The van der Waals surface area contributed by atoms with Gasteiger partial charge in [-0.3, -0.25) is 22.6 Å². The van der Waals surface area contributed by atoms with Gasteiger partial charge >= 0.3 is 0 Å². The van der Waals surface area contributed by atoms with Crippen LogP contribution in [0.5, 0.6) is 11.6 Å². The Morgan fingerprint density at radius 1 is 0.779 bits per heavy atom. The van der Waals surface area contributed by atoms with E-state index in [-0.39, 0.29) is 74.8 Å². The van der Waals surface area contributed by atoms with E-state index in [9.17, 15) is 62.3 Å². The van der Waals surface area contributed by atoms with Crippen LogP contribution in [0.25, 0.3) is 28.6 Å². The van der Waals surface area contributed by atoms with Gasteiger partial charge in [0.15, 0.2) is 11.3 Å². The van der Waals surface area contributed by atoms with E-state index in [1.807, 2.05) is 0 Å². The van der Waals surface area contributed by atoms with E-state index in [0.29, 0.717) is 29.1 Å². The van der Waals surface area contributed by atoms with E-state index in [1.54, 1.807) is 26.0 Å². The van der Waals surface area contributed by atoms with Crippen LogP contribution in [-0.4, -0.2) is 78.7 Å². The number of allylic oxidation sites excluding steroid dienone is 1. The maximum atomic E-state index is 12.2. The Morgan fingerprint density at radius 2 is 1.40 bits per heavy atom. The number of nitrogen functional groups attached to an aromatic ring is 1. The van der Waals surface area contributed by atoms with Gasteiger partial charge in [0, 0.05) is 22.4 Å². The number of hydrogen-bond donors (Lipinski definition) is 6. The summed E-state index contributed by atoms with van der Waals surface area (Å²) in [6, 6.07) is 11.7. The minimum Gasteiger partial charge on any atom is -0.493 e. The molecule has 354 valence electrons. The van der Waals surface area contributed by atoms with Gasteiger partial charge in [-0.2, -0.15) is 44.0 Å². The summed E-state index contributed by atoms with van der Waals surface area (Å²) in [7, 11) is -19.3. The molecule has 0 amide bonds. The third kappa shape index (κ3) is 10.7. The summed E-state index contributed by atoms with van der Waals surface area (Å²) in [6.07, 6.45) is 4.63. The second-order valence-corrected chi connectivity index (χ2v) is 20.1. The number of nitriles is 1. The molecule has 0 fully saturated rings. The van der Waals surface area contributed by atoms with E-state index >= 15 is 0 Å². The number of pyridine rings is 1. The van der Waals surface area contributed by atoms with Crippen LogP contribution in [0.2, 0.25) is 0 Å². The zero-order valence-electron chi connectivity index (χ0n) is 35.4. The number of benzene rings is 4. The number of aromatic nitrogens is 2. The molecule has 28 heteroatoms. The first-order chi connectivity index (χ1) is 31.8. The largest absolute Gasteiger partial charge is 0.493 e. The standard InChI is InChI=1S/C40H36N10O14S4/c1-5-8-34-28(6-2)43-39-26(20-41)22(4)38(40(51)50(34)39)49-47-32-15-21(3)31(18-35(32)64-13-7-14-65(52,53)54)46-45-30-12-11-29(24-10-9-23(16-25(24)30)66(55,56)57)44-48-33-19-36(67(58,59)60)27(42)17-37(33)68(61,62)63/h5-6,8-12,15-19,51H,2,7,13-14,42H2,1,3-4H3,(H,52,53,54)(H,55,56,57)(H,58,59,60)(H,61,62,63)/b8-5-,46-45?,48-44?,49-47?. The first-order valence-corrected chi connectivity index (χ1v) is 25.0. The highest BCUT2D eigenvalue weighted by Gasteiger charge is 2.25. The van der Waals surface area contributed by atoms with Gasteiger partial charge in [-0.05, 0) is 87.4 Å². The number of nitrogens with two attached hydrogens (primary N) is 1. The Labute approximate surface area is 387 Å². The Kier molecular flexibility index (Phi) is 14.1. The number of azo groups is 3. The zero-order valence-corrected chi connectivity index (χ0v) is 38.7. The number of fused-ring (bicyclic) bond motifs is 2. The summed E-state index contributed by atoms with van der Waals surface area (Å²) in [5.41, 5.74) is 5.55.